The number of hydrazine groups is 1. The van der Waals surface area contributed by atoms with Gasteiger partial charge in [0.2, 0.25) is 0 Å². The molecule has 2 aromatic heterocycles. The molecule has 3 heterocycles. The number of pyridine rings is 2. The van der Waals surface area contributed by atoms with Gasteiger partial charge in [-0.15, -0.1) is 0 Å². The highest BCUT2D eigenvalue weighted by Gasteiger charge is 2.18. The molecule has 0 aromatic carbocycles. The Labute approximate surface area is 111 Å². The largest absolute Gasteiger partial charge is 0.304 e. The number of allylic oxidation sites excluding steroid dienone is 2. The highest BCUT2D eigenvalue weighted by atomic mass is 15.4. The molecule has 2 aromatic rings. The molecule has 2 N–H and O–H groups in total. The lowest BCUT2D eigenvalue weighted by atomic mass is 10.0. The molecular formula is C15H14N4. The maximum absolute atomic E-state index is 6.10. The monoisotopic (exact) mass is 250 g/mol. The number of hydrogen-bond donors (Lipinski definition) is 1. The van der Waals surface area contributed by atoms with E-state index >= 15 is 0 Å². The summed E-state index contributed by atoms with van der Waals surface area (Å²) >= 11 is 0. The van der Waals surface area contributed by atoms with Crippen LogP contribution in [-0.4, -0.2) is 21.5 Å². The molecule has 0 saturated heterocycles. The second-order valence-corrected chi connectivity index (χ2v) is 4.25. The predicted molar refractivity (Wildman–Crippen MR) is 75.3 cm³/mol. The Kier molecular flexibility index (Phi) is 3.08. The molecule has 0 fully saturated rings. The molecule has 0 radical (unpaired) electrons. The lowest BCUT2D eigenvalue weighted by Gasteiger charge is -2.26. The quantitative estimate of drug-likeness (QED) is 0.829. The molecule has 94 valence electrons. The van der Waals surface area contributed by atoms with Crippen molar-refractivity contribution in [1.29, 1.82) is 0 Å². The van der Waals surface area contributed by atoms with Gasteiger partial charge in [0.05, 0.1) is 23.6 Å². The Balaban J connectivity index is 2.18. The van der Waals surface area contributed by atoms with Crippen molar-refractivity contribution in [2.24, 2.45) is 5.84 Å². The number of hydrogen-bond acceptors (Lipinski definition) is 4. The summed E-state index contributed by atoms with van der Waals surface area (Å²) in [7, 11) is 0. The van der Waals surface area contributed by atoms with Crippen LogP contribution in [0.15, 0.2) is 60.9 Å². The average molecular weight is 250 g/mol. The zero-order valence-electron chi connectivity index (χ0n) is 10.4. The molecule has 4 heteroatoms. The van der Waals surface area contributed by atoms with Gasteiger partial charge in [-0.1, -0.05) is 24.3 Å². The molecule has 0 aliphatic carbocycles. The van der Waals surface area contributed by atoms with Crippen LogP contribution in [0.2, 0.25) is 0 Å². The first kappa shape index (κ1) is 11.6. The van der Waals surface area contributed by atoms with E-state index in [-0.39, 0.29) is 0 Å². The van der Waals surface area contributed by atoms with Crippen molar-refractivity contribution in [3.05, 3.63) is 72.3 Å². The van der Waals surface area contributed by atoms with E-state index in [2.05, 4.69) is 16.0 Å². The molecule has 0 unspecified atom stereocenters. The van der Waals surface area contributed by atoms with Gasteiger partial charge < -0.3 is 5.01 Å². The summed E-state index contributed by atoms with van der Waals surface area (Å²) in [6.45, 7) is 0.669. The molecule has 3 rings (SSSR count). The van der Waals surface area contributed by atoms with E-state index in [4.69, 9.17) is 5.84 Å². The summed E-state index contributed by atoms with van der Waals surface area (Å²) < 4.78 is 0. The van der Waals surface area contributed by atoms with Crippen LogP contribution in [0, 0.1) is 0 Å². The van der Waals surface area contributed by atoms with E-state index in [1.165, 1.54) is 0 Å². The van der Waals surface area contributed by atoms with Crippen molar-refractivity contribution in [2.75, 3.05) is 6.54 Å². The Bertz CT molecular complexity index is 617. The summed E-state index contributed by atoms with van der Waals surface area (Å²) in [6.07, 6.45) is 7.62. The Morgan fingerprint density at radius 1 is 0.947 bits per heavy atom. The Hall–Kier alpha value is -2.46. The van der Waals surface area contributed by atoms with Gasteiger partial charge in [-0.3, -0.25) is 9.97 Å². The van der Waals surface area contributed by atoms with Crippen LogP contribution in [0.1, 0.15) is 11.4 Å². The molecule has 0 amide bonds. The third-order valence-corrected chi connectivity index (χ3v) is 2.98. The van der Waals surface area contributed by atoms with Crippen LogP contribution in [0.5, 0.6) is 0 Å². The minimum atomic E-state index is 0.669. The Morgan fingerprint density at radius 2 is 1.63 bits per heavy atom. The van der Waals surface area contributed by atoms with Crippen molar-refractivity contribution >= 4 is 11.3 Å². The first-order chi connectivity index (χ1) is 9.36. The minimum Gasteiger partial charge on any atom is -0.304 e. The SMILES string of the molecule is NN1CC=CC(c2ccccn2)=C1c1ccccn1. The molecule has 0 atom stereocenters. The van der Waals surface area contributed by atoms with Gasteiger partial charge in [0.25, 0.3) is 0 Å². The van der Waals surface area contributed by atoms with Gasteiger partial charge in [-0.25, -0.2) is 5.84 Å². The maximum atomic E-state index is 6.10. The first-order valence-electron chi connectivity index (χ1n) is 6.12. The van der Waals surface area contributed by atoms with E-state index in [1.807, 2.05) is 42.5 Å². The van der Waals surface area contributed by atoms with E-state index in [0.717, 1.165) is 22.7 Å². The number of nitrogens with zero attached hydrogens (tertiary/aromatic N) is 3. The number of nitrogens with two attached hydrogens (primary N) is 1. The lowest BCUT2D eigenvalue weighted by molar-refractivity contribution is 0.459. The topological polar surface area (TPSA) is 55.0 Å². The van der Waals surface area contributed by atoms with Gasteiger partial charge >= 0.3 is 0 Å². The molecule has 0 saturated carbocycles. The van der Waals surface area contributed by atoms with Crippen LogP contribution in [0.3, 0.4) is 0 Å². The van der Waals surface area contributed by atoms with E-state index in [9.17, 15) is 0 Å². The summed E-state index contributed by atoms with van der Waals surface area (Å²) in [5.74, 6) is 6.10. The van der Waals surface area contributed by atoms with Gasteiger partial charge in [0, 0.05) is 18.0 Å². The minimum absolute atomic E-state index is 0.669. The van der Waals surface area contributed by atoms with Crippen molar-refractivity contribution < 1.29 is 0 Å². The van der Waals surface area contributed by atoms with Gasteiger partial charge in [-0.2, -0.15) is 0 Å². The van der Waals surface area contributed by atoms with Crippen LogP contribution in [0.4, 0.5) is 0 Å². The summed E-state index contributed by atoms with van der Waals surface area (Å²) in [5, 5.41) is 1.70. The Morgan fingerprint density at radius 3 is 2.26 bits per heavy atom. The molecule has 0 spiro atoms. The van der Waals surface area contributed by atoms with Gasteiger partial charge in [0.1, 0.15) is 0 Å². The van der Waals surface area contributed by atoms with E-state index in [1.54, 1.807) is 17.4 Å². The standard InChI is InChI=1S/C15H14N4/c16-19-11-5-6-12(13-7-1-3-9-17-13)15(19)14-8-2-4-10-18-14/h1-10H,11,16H2. The van der Waals surface area contributed by atoms with E-state index < -0.39 is 0 Å². The summed E-state index contributed by atoms with van der Waals surface area (Å²) in [5.41, 5.74) is 3.65. The van der Waals surface area contributed by atoms with Crippen molar-refractivity contribution in [3.8, 4) is 0 Å². The smallest absolute Gasteiger partial charge is 0.0883 e. The van der Waals surface area contributed by atoms with Crippen molar-refractivity contribution in [3.63, 3.8) is 0 Å². The van der Waals surface area contributed by atoms with Gasteiger partial charge in [-0.05, 0) is 24.3 Å². The molecule has 1 aliphatic heterocycles. The lowest BCUT2D eigenvalue weighted by Crippen LogP contribution is -2.32. The fourth-order valence-electron chi connectivity index (χ4n) is 2.13. The van der Waals surface area contributed by atoms with E-state index in [0.29, 0.717) is 6.54 Å². The fourth-order valence-corrected chi connectivity index (χ4v) is 2.13. The average Bonchev–Trinajstić information content (AvgIpc) is 2.49. The second-order valence-electron chi connectivity index (χ2n) is 4.25. The molecule has 4 nitrogen and oxygen atoms in total. The molecule has 19 heavy (non-hydrogen) atoms. The summed E-state index contributed by atoms with van der Waals surface area (Å²) in [6, 6.07) is 11.6. The van der Waals surface area contributed by atoms with Crippen molar-refractivity contribution in [2.45, 2.75) is 0 Å². The maximum Gasteiger partial charge on any atom is 0.0883 e. The van der Waals surface area contributed by atoms with Crippen LogP contribution in [-0.2, 0) is 0 Å². The van der Waals surface area contributed by atoms with Crippen LogP contribution in [0.25, 0.3) is 11.3 Å². The summed E-state index contributed by atoms with van der Waals surface area (Å²) in [4.78, 5) is 8.78. The van der Waals surface area contributed by atoms with Crippen LogP contribution >= 0.6 is 0 Å². The second kappa shape index (κ2) is 5.04. The van der Waals surface area contributed by atoms with Crippen LogP contribution < -0.4 is 5.84 Å². The number of aromatic nitrogens is 2. The zero-order valence-corrected chi connectivity index (χ0v) is 10.4. The fraction of sp³-hybridized carbons (Fsp3) is 0.0667. The molecule has 1 aliphatic rings. The highest BCUT2D eigenvalue weighted by molar-refractivity contribution is 5.93. The highest BCUT2D eigenvalue weighted by Crippen LogP contribution is 2.29. The third kappa shape index (κ3) is 2.26. The predicted octanol–water partition coefficient (Wildman–Crippen LogP) is 2.09. The normalized spacial score (nSPS) is 14.9. The zero-order chi connectivity index (χ0) is 13.1. The first-order valence-corrected chi connectivity index (χ1v) is 6.12. The van der Waals surface area contributed by atoms with Gasteiger partial charge in [0.15, 0.2) is 0 Å². The molecular weight excluding hydrogens is 236 g/mol. The number of rotatable bonds is 2. The van der Waals surface area contributed by atoms with Crippen molar-refractivity contribution in [1.82, 2.24) is 15.0 Å². The third-order valence-electron chi connectivity index (χ3n) is 2.98. The molecule has 0 bridgehead atoms.